The summed E-state index contributed by atoms with van der Waals surface area (Å²) in [5, 5.41) is 3.70. The van der Waals surface area contributed by atoms with Crippen LogP contribution in [0.5, 0.6) is 5.75 Å². The molecule has 0 unspecified atom stereocenters. The molecule has 0 aliphatic carbocycles. The normalized spacial score (nSPS) is 11.7. The van der Waals surface area contributed by atoms with E-state index in [1.165, 1.54) is 4.90 Å². The van der Waals surface area contributed by atoms with Gasteiger partial charge in [-0.05, 0) is 69.0 Å². The number of benzene rings is 2. The zero-order valence-electron chi connectivity index (χ0n) is 18.7. The molecule has 0 aliphatic heterocycles. The highest BCUT2D eigenvalue weighted by Gasteiger charge is 2.29. The minimum atomic E-state index is -0.663. The fourth-order valence-electron chi connectivity index (χ4n) is 3.44. The average Bonchev–Trinajstić information content (AvgIpc) is 2.71. The highest BCUT2D eigenvalue weighted by Crippen LogP contribution is 2.28. The fourth-order valence-corrected chi connectivity index (χ4v) is 3.96. The Labute approximate surface area is 194 Å². The van der Waals surface area contributed by atoms with Gasteiger partial charge in [0.2, 0.25) is 5.91 Å². The predicted molar refractivity (Wildman–Crippen MR) is 126 cm³/mol. The van der Waals surface area contributed by atoms with E-state index in [1.807, 2.05) is 40.7 Å². The molecule has 0 saturated heterocycles. The van der Waals surface area contributed by atoms with Crippen LogP contribution < -0.4 is 10.1 Å². The van der Waals surface area contributed by atoms with Gasteiger partial charge >= 0.3 is 0 Å². The summed E-state index contributed by atoms with van der Waals surface area (Å²) in [7, 11) is 0. The molecule has 1 atom stereocenters. The summed E-state index contributed by atoms with van der Waals surface area (Å²) in [4.78, 5) is 27.5. The average molecular weight is 465 g/mol. The number of carbonyl (C=O) groups excluding carboxylic acids is 2. The van der Waals surface area contributed by atoms with Crippen LogP contribution in [-0.4, -0.2) is 35.9 Å². The van der Waals surface area contributed by atoms with Gasteiger partial charge in [-0.15, -0.1) is 0 Å². The molecule has 168 valence electrons. The van der Waals surface area contributed by atoms with Gasteiger partial charge in [0.05, 0.1) is 0 Å². The van der Waals surface area contributed by atoms with Crippen LogP contribution in [0.25, 0.3) is 0 Å². The Kier molecular flexibility index (Phi) is 9.20. The topological polar surface area (TPSA) is 58.6 Å². The van der Waals surface area contributed by atoms with Crippen molar-refractivity contribution in [3.05, 3.63) is 62.6 Å². The number of hydrogen-bond donors (Lipinski definition) is 1. The van der Waals surface area contributed by atoms with E-state index in [2.05, 4.69) is 11.4 Å². The van der Waals surface area contributed by atoms with Crippen LogP contribution in [0.15, 0.2) is 30.3 Å². The molecule has 7 heteroatoms. The molecule has 1 N–H and O–H groups in total. The highest BCUT2D eigenvalue weighted by atomic mass is 35.5. The summed E-state index contributed by atoms with van der Waals surface area (Å²) in [6, 6.07) is 8.49. The maximum Gasteiger partial charge on any atom is 0.261 e. The first kappa shape index (κ1) is 25.0. The lowest BCUT2D eigenvalue weighted by Gasteiger charge is -2.31. The summed E-state index contributed by atoms with van der Waals surface area (Å²) in [5.41, 5.74) is 3.73. The lowest BCUT2D eigenvalue weighted by atomic mass is 10.1. The molecule has 0 spiro atoms. The zero-order valence-corrected chi connectivity index (χ0v) is 20.2. The third-order valence-corrected chi connectivity index (χ3v) is 5.95. The Balaban J connectivity index is 2.32. The van der Waals surface area contributed by atoms with Crippen molar-refractivity contribution >= 4 is 35.0 Å². The number of likely N-dealkylation sites (N-methyl/N-ethyl adjacent to an activating group) is 1. The fraction of sp³-hybridized carbons (Fsp3) is 0.417. The highest BCUT2D eigenvalue weighted by molar-refractivity contribution is 6.36. The standard InChI is InChI=1S/C24H30Cl2N2O3/c1-6-21(24(30)27-7-2)28(13-18-19(25)9-8-10-20(18)26)23(29)14-31-22-12-15(3)11-16(4)17(22)5/h8-12,21H,6-7,13-14H2,1-5H3,(H,27,30)/t21-/m1/s1. The molecular weight excluding hydrogens is 435 g/mol. The van der Waals surface area contributed by atoms with E-state index in [0.29, 0.717) is 34.3 Å². The van der Waals surface area contributed by atoms with Gasteiger partial charge in [0.25, 0.3) is 5.91 Å². The summed E-state index contributed by atoms with van der Waals surface area (Å²) < 4.78 is 5.88. The van der Waals surface area contributed by atoms with Gasteiger partial charge < -0.3 is 15.0 Å². The molecule has 2 aromatic carbocycles. The summed E-state index contributed by atoms with van der Waals surface area (Å²) in [5.74, 6) is 0.129. The predicted octanol–water partition coefficient (Wildman–Crippen LogP) is 5.24. The van der Waals surface area contributed by atoms with Gasteiger partial charge in [-0.3, -0.25) is 9.59 Å². The summed E-state index contributed by atoms with van der Waals surface area (Å²) in [6.07, 6.45) is 0.447. The van der Waals surface area contributed by atoms with Gasteiger partial charge in [-0.25, -0.2) is 0 Å². The Morgan fingerprint density at radius 3 is 2.32 bits per heavy atom. The lowest BCUT2D eigenvalue weighted by molar-refractivity contribution is -0.142. The number of ether oxygens (including phenoxy) is 1. The van der Waals surface area contributed by atoms with Crippen molar-refractivity contribution in [3.63, 3.8) is 0 Å². The van der Waals surface area contributed by atoms with Gasteiger partial charge in [0, 0.05) is 28.7 Å². The third kappa shape index (κ3) is 6.37. The second-order valence-corrected chi connectivity index (χ2v) is 8.35. The van der Waals surface area contributed by atoms with Crippen LogP contribution in [0, 0.1) is 20.8 Å². The smallest absolute Gasteiger partial charge is 0.261 e. The van der Waals surface area contributed by atoms with Gasteiger partial charge in [-0.1, -0.05) is 42.3 Å². The first-order valence-electron chi connectivity index (χ1n) is 10.4. The molecule has 2 rings (SSSR count). The van der Waals surface area contributed by atoms with Crippen LogP contribution in [0.2, 0.25) is 10.0 Å². The molecule has 31 heavy (non-hydrogen) atoms. The van der Waals surface area contributed by atoms with E-state index in [-0.39, 0.29) is 25.0 Å². The monoisotopic (exact) mass is 464 g/mol. The number of rotatable bonds is 9. The largest absolute Gasteiger partial charge is 0.483 e. The molecule has 0 heterocycles. The molecule has 2 amide bonds. The van der Waals surface area contributed by atoms with Crippen LogP contribution in [0.1, 0.15) is 42.5 Å². The lowest BCUT2D eigenvalue weighted by Crippen LogP contribution is -2.50. The third-order valence-electron chi connectivity index (χ3n) is 5.24. The summed E-state index contributed by atoms with van der Waals surface area (Å²) >= 11 is 12.7. The molecule has 0 saturated carbocycles. The molecule has 0 fully saturated rings. The molecule has 5 nitrogen and oxygen atoms in total. The van der Waals surface area contributed by atoms with Crippen LogP contribution in [0.3, 0.4) is 0 Å². The van der Waals surface area contributed by atoms with E-state index in [0.717, 1.165) is 16.7 Å². The van der Waals surface area contributed by atoms with E-state index in [1.54, 1.807) is 18.2 Å². The van der Waals surface area contributed by atoms with E-state index in [4.69, 9.17) is 27.9 Å². The van der Waals surface area contributed by atoms with Crippen LogP contribution >= 0.6 is 23.2 Å². The van der Waals surface area contributed by atoms with Crippen molar-refractivity contribution in [2.45, 2.75) is 53.6 Å². The number of aryl methyl sites for hydroxylation is 2. The zero-order chi connectivity index (χ0) is 23.1. The minimum Gasteiger partial charge on any atom is -0.483 e. The Bertz CT molecular complexity index is 926. The Hall–Kier alpha value is -2.24. The SMILES string of the molecule is CCNC(=O)[C@@H](CC)N(Cc1c(Cl)cccc1Cl)C(=O)COc1cc(C)cc(C)c1C. The van der Waals surface area contributed by atoms with Crippen LogP contribution in [0.4, 0.5) is 0 Å². The van der Waals surface area contributed by atoms with E-state index >= 15 is 0 Å². The first-order chi connectivity index (χ1) is 14.7. The minimum absolute atomic E-state index is 0.113. The number of nitrogens with one attached hydrogen (secondary N) is 1. The number of hydrogen-bond acceptors (Lipinski definition) is 3. The molecule has 0 aromatic heterocycles. The van der Waals surface area contributed by atoms with E-state index < -0.39 is 6.04 Å². The molecule has 0 bridgehead atoms. The molecule has 0 radical (unpaired) electrons. The van der Waals surface area contributed by atoms with Gasteiger partial charge in [-0.2, -0.15) is 0 Å². The van der Waals surface area contributed by atoms with Crippen molar-refractivity contribution in [2.24, 2.45) is 0 Å². The Morgan fingerprint density at radius 1 is 1.10 bits per heavy atom. The number of amides is 2. The van der Waals surface area contributed by atoms with Gasteiger partial charge in [0.1, 0.15) is 11.8 Å². The number of nitrogens with zero attached hydrogens (tertiary/aromatic N) is 1. The Morgan fingerprint density at radius 2 is 1.74 bits per heavy atom. The van der Waals surface area contributed by atoms with E-state index in [9.17, 15) is 9.59 Å². The summed E-state index contributed by atoms with van der Waals surface area (Å²) in [6.45, 7) is 10.0. The molecule has 0 aliphatic rings. The molecular formula is C24H30Cl2N2O3. The number of carbonyl (C=O) groups is 2. The van der Waals surface area contributed by atoms with Crippen molar-refractivity contribution in [3.8, 4) is 5.75 Å². The van der Waals surface area contributed by atoms with Crippen molar-refractivity contribution in [1.82, 2.24) is 10.2 Å². The maximum absolute atomic E-state index is 13.3. The van der Waals surface area contributed by atoms with Crippen LogP contribution in [-0.2, 0) is 16.1 Å². The first-order valence-corrected chi connectivity index (χ1v) is 11.2. The second-order valence-electron chi connectivity index (χ2n) is 7.53. The molecule has 2 aromatic rings. The quantitative estimate of drug-likeness (QED) is 0.551. The van der Waals surface area contributed by atoms with Crippen molar-refractivity contribution in [1.29, 1.82) is 0 Å². The van der Waals surface area contributed by atoms with Gasteiger partial charge in [0.15, 0.2) is 6.61 Å². The maximum atomic E-state index is 13.3. The second kappa shape index (κ2) is 11.4. The van der Waals surface area contributed by atoms with Crippen molar-refractivity contribution in [2.75, 3.05) is 13.2 Å². The van der Waals surface area contributed by atoms with Crippen molar-refractivity contribution < 1.29 is 14.3 Å². The number of halogens is 2.